The maximum atomic E-state index is 14.0. The maximum Gasteiger partial charge on any atom is 0.279 e. The monoisotopic (exact) mass is 373 g/mol. The number of amides is 2. The smallest absolute Gasteiger partial charge is 0.279 e. The van der Waals surface area contributed by atoms with Gasteiger partial charge in [0, 0.05) is 12.5 Å². The Labute approximate surface area is 151 Å². The van der Waals surface area contributed by atoms with Crippen molar-refractivity contribution in [2.24, 2.45) is 0 Å². The van der Waals surface area contributed by atoms with Crippen LogP contribution in [0.25, 0.3) is 6.08 Å². The van der Waals surface area contributed by atoms with E-state index >= 15 is 0 Å². The molecule has 1 heterocycles. The van der Waals surface area contributed by atoms with Gasteiger partial charge in [0.15, 0.2) is 11.6 Å². The SMILES string of the molecule is O=C1NC(Cc2ccccc2)C(=O)NC1=Cc1c([N+](=O)[O-])ccc(F)c1F. The second-order valence-corrected chi connectivity index (χ2v) is 5.81. The van der Waals surface area contributed by atoms with Gasteiger partial charge in [0.25, 0.3) is 11.6 Å². The standard InChI is InChI=1S/C18H13F2N3O4/c19-12-6-7-15(23(26)27)11(16(12)20)9-14-18(25)21-13(17(24)22-14)8-10-4-2-1-3-5-10/h1-7,9,13H,8H2,(H,21,25)(H,22,24). The molecule has 2 amide bonds. The quantitative estimate of drug-likeness (QED) is 0.487. The molecule has 1 saturated heterocycles. The molecule has 1 aliphatic heterocycles. The molecule has 2 N–H and O–H groups in total. The normalized spacial score (nSPS) is 18.1. The molecule has 27 heavy (non-hydrogen) atoms. The Morgan fingerprint density at radius 2 is 1.81 bits per heavy atom. The zero-order chi connectivity index (χ0) is 19.6. The molecule has 138 valence electrons. The Morgan fingerprint density at radius 1 is 1.11 bits per heavy atom. The molecule has 1 atom stereocenters. The lowest BCUT2D eigenvalue weighted by molar-refractivity contribution is -0.385. The molecule has 0 saturated carbocycles. The van der Waals surface area contributed by atoms with E-state index in [4.69, 9.17) is 0 Å². The van der Waals surface area contributed by atoms with Crippen molar-refractivity contribution in [1.82, 2.24) is 10.6 Å². The molecule has 2 aromatic carbocycles. The summed E-state index contributed by atoms with van der Waals surface area (Å²) in [6, 6.07) is 9.50. The first-order valence-electron chi connectivity index (χ1n) is 7.86. The number of nitro benzene ring substituents is 1. The number of halogens is 2. The third kappa shape index (κ3) is 3.81. The van der Waals surface area contributed by atoms with Crippen LogP contribution in [0.3, 0.4) is 0 Å². The van der Waals surface area contributed by atoms with Crippen molar-refractivity contribution < 1.29 is 23.3 Å². The predicted molar refractivity (Wildman–Crippen MR) is 91.2 cm³/mol. The second kappa shape index (κ2) is 7.32. The molecule has 0 aliphatic carbocycles. The van der Waals surface area contributed by atoms with Crippen LogP contribution in [0.4, 0.5) is 14.5 Å². The fourth-order valence-electron chi connectivity index (χ4n) is 2.67. The number of rotatable bonds is 4. The van der Waals surface area contributed by atoms with Crippen LogP contribution in [0.1, 0.15) is 11.1 Å². The van der Waals surface area contributed by atoms with Gasteiger partial charge in [-0.05, 0) is 17.7 Å². The Kier molecular flexibility index (Phi) is 4.93. The van der Waals surface area contributed by atoms with Gasteiger partial charge in [0.2, 0.25) is 5.91 Å². The van der Waals surface area contributed by atoms with Gasteiger partial charge in [-0.25, -0.2) is 8.78 Å². The highest BCUT2D eigenvalue weighted by Crippen LogP contribution is 2.26. The molecule has 0 bridgehead atoms. The molecule has 0 radical (unpaired) electrons. The second-order valence-electron chi connectivity index (χ2n) is 5.81. The fourth-order valence-corrected chi connectivity index (χ4v) is 2.67. The zero-order valence-corrected chi connectivity index (χ0v) is 13.7. The predicted octanol–water partition coefficient (Wildman–Crippen LogP) is 2.07. The van der Waals surface area contributed by atoms with Gasteiger partial charge in [-0.1, -0.05) is 30.3 Å². The first-order chi connectivity index (χ1) is 12.9. The number of benzene rings is 2. The molecule has 1 aliphatic rings. The van der Waals surface area contributed by atoms with Gasteiger partial charge in [0.05, 0.1) is 10.5 Å². The van der Waals surface area contributed by atoms with Gasteiger partial charge in [-0.15, -0.1) is 0 Å². The molecule has 0 aromatic heterocycles. The van der Waals surface area contributed by atoms with Gasteiger partial charge < -0.3 is 10.6 Å². The topological polar surface area (TPSA) is 101 Å². The summed E-state index contributed by atoms with van der Waals surface area (Å²) in [4.78, 5) is 34.6. The molecule has 3 rings (SSSR count). The highest BCUT2D eigenvalue weighted by atomic mass is 19.2. The summed E-state index contributed by atoms with van der Waals surface area (Å²) < 4.78 is 27.4. The van der Waals surface area contributed by atoms with E-state index in [-0.39, 0.29) is 6.42 Å². The summed E-state index contributed by atoms with van der Waals surface area (Å²) >= 11 is 0. The number of carbonyl (C=O) groups is 2. The van der Waals surface area contributed by atoms with Crippen LogP contribution in [0.5, 0.6) is 0 Å². The first kappa shape index (κ1) is 18.2. The molecule has 1 unspecified atom stereocenters. The summed E-state index contributed by atoms with van der Waals surface area (Å²) in [5, 5.41) is 15.8. The average Bonchev–Trinajstić information content (AvgIpc) is 2.63. The largest absolute Gasteiger partial charge is 0.339 e. The van der Waals surface area contributed by atoms with E-state index < -0.39 is 51.4 Å². The number of nitro groups is 1. The van der Waals surface area contributed by atoms with Gasteiger partial charge >= 0.3 is 0 Å². The molecular formula is C18H13F2N3O4. The van der Waals surface area contributed by atoms with Crippen molar-refractivity contribution in [3.63, 3.8) is 0 Å². The van der Waals surface area contributed by atoms with Crippen molar-refractivity contribution >= 4 is 23.6 Å². The third-order valence-corrected chi connectivity index (χ3v) is 4.00. The minimum atomic E-state index is -1.48. The van der Waals surface area contributed by atoms with Crippen molar-refractivity contribution in [2.45, 2.75) is 12.5 Å². The Balaban J connectivity index is 1.88. The van der Waals surface area contributed by atoms with Crippen LogP contribution >= 0.6 is 0 Å². The highest BCUT2D eigenvalue weighted by molar-refractivity contribution is 6.07. The van der Waals surface area contributed by atoms with Gasteiger partial charge in [0.1, 0.15) is 11.7 Å². The van der Waals surface area contributed by atoms with E-state index in [0.717, 1.165) is 17.7 Å². The highest BCUT2D eigenvalue weighted by Gasteiger charge is 2.31. The fraction of sp³-hybridized carbons (Fsp3) is 0.111. The number of hydrogen-bond donors (Lipinski definition) is 2. The summed E-state index contributed by atoms with van der Waals surface area (Å²) in [7, 11) is 0. The van der Waals surface area contributed by atoms with Crippen LogP contribution in [-0.4, -0.2) is 22.8 Å². The molecule has 1 fully saturated rings. The lowest BCUT2D eigenvalue weighted by atomic mass is 10.0. The first-order valence-corrected chi connectivity index (χ1v) is 7.86. The van der Waals surface area contributed by atoms with Crippen molar-refractivity contribution in [2.75, 3.05) is 0 Å². The number of carbonyl (C=O) groups excluding carboxylic acids is 2. The van der Waals surface area contributed by atoms with Crippen molar-refractivity contribution in [3.8, 4) is 0 Å². The summed E-state index contributed by atoms with van der Waals surface area (Å²) in [5.41, 5.74) is -1.05. The van der Waals surface area contributed by atoms with E-state index in [1.54, 1.807) is 24.3 Å². The van der Waals surface area contributed by atoms with Crippen LogP contribution in [0.2, 0.25) is 0 Å². The van der Waals surface area contributed by atoms with Crippen LogP contribution in [0.15, 0.2) is 48.2 Å². The average molecular weight is 373 g/mol. The van der Waals surface area contributed by atoms with Crippen LogP contribution in [0, 0.1) is 21.7 Å². The molecule has 0 spiro atoms. The minimum Gasteiger partial charge on any atom is -0.339 e. The number of nitrogens with one attached hydrogen (secondary N) is 2. The zero-order valence-electron chi connectivity index (χ0n) is 13.7. The van der Waals surface area contributed by atoms with E-state index in [0.29, 0.717) is 6.07 Å². The Bertz CT molecular complexity index is 961. The Hall–Kier alpha value is -3.62. The maximum absolute atomic E-state index is 14.0. The summed E-state index contributed by atoms with van der Waals surface area (Å²) in [6.45, 7) is 0. The van der Waals surface area contributed by atoms with Crippen LogP contribution < -0.4 is 10.6 Å². The van der Waals surface area contributed by atoms with E-state index in [1.165, 1.54) is 0 Å². The van der Waals surface area contributed by atoms with Crippen molar-refractivity contribution in [3.05, 3.63) is 81.0 Å². The number of hydrogen-bond acceptors (Lipinski definition) is 4. The summed E-state index contributed by atoms with van der Waals surface area (Å²) in [6.07, 6.45) is 0.989. The van der Waals surface area contributed by atoms with Crippen molar-refractivity contribution in [1.29, 1.82) is 0 Å². The van der Waals surface area contributed by atoms with Gasteiger partial charge in [-0.2, -0.15) is 0 Å². The minimum absolute atomic E-state index is 0.236. The van der Waals surface area contributed by atoms with Gasteiger partial charge in [-0.3, -0.25) is 19.7 Å². The molecule has 7 nitrogen and oxygen atoms in total. The van der Waals surface area contributed by atoms with E-state index in [9.17, 15) is 28.5 Å². The number of piperazine rings is 1. The third-order valence-electron chi connectivity index (χ3n) is 4.00. The lowest BCUT2D eigenvalue weighted by Crippen LogP contribution is -2.55. The molecule has 9 heteroatoms. The van der Waals surface area contributed by atoms with Crippen LogP contribution in [-0.2, 0) is 16.0 Å². The lowest BCUT2D eigenvalue weighted by Gasteiger charge is -2.25. The van der Waals surface area contributed by atoms with E-state index in [2.05, 4.69) is 10.6 Å². The summed E-state index contributed by atoms with van der Waals surface area (Å²) in [5.74, 6) is -4.11. The molecule has 2 aromatic rings. The Morgan fingerprint density at radius 3 is 2.48 bits per heavy atom. The number of nitrogens with zero attached hydrogens (tertiary/aromatic N) is 1. The molecular weight excluding hydrogens is 360 g/mol. The van der Waals surface area contributed by atoms with E-state index in [1.807, 2.05) is 6.07 Å².